The highest BCUT2D eigenvalue weighted by molar-refractivity contribution is 6.10. The Labute approximate surface area is 194 Å². The minimum Gasteiger partial charge on any atom is -0.317 e. The number of ketones is 2. The van der Waals surface area contributed by atoms with E-state index in [1.807, 2.05) is 108 Å². The Bertz CT molecular complexity index is 1210. The lowest BCUT2D eigenvalue weighted by atomic mass is 10.1. The topological polar surface area (TPSA) is 44.0 Å². The van der Waals surface area contributed by atoms with Crippen LogP contribution in [0.25, 0.3) is 23.5 Å². The van der Waals surface area contributed by atoms with Gasteiger partial charge in [0.15, 0.2) is 11.6 Å². The quantitative estimate of drug-likeness (QED) is 0.247. The van der Waals surface area contributed by atoms with Crippen molar-refractivity contribution in [1.82, 2.24) is 9.13 Å². The van der Waals surface area contributed by atoms with E-state index in [1.54, 1.807) is 12.2 Å². The molecule has 0 atom stereocenters. The minimum absolute atomic E-state index is 0.163. The maximum atomic E-state index is 12.4. The molecule has 0 saturated heterocycles. The number of rotatable bonds is 8. The molecule has 0 amide bonds. The monoisotopic (exact) mass is 434 g/mol. The second-order valence-corrected chi connectivity index (χ2v) is 8.05. The first kappa shape index (κ1) is 22.0. The molecule has 0 saturated carbocycles. The third-order valence-corrected chi connectivity index (χ3v) is 5.41. The number of allylic oxidation sites excluding steroid dienone is 2. The Morgan fingerprint density at radius 2 is 1.03 bits per heavy atom. The first-order chi connectivity index (χ1) is 16.0. The Morgan fingerprint density at radius 1 is 0.636 bits per heavy atom. The van der Waals surface area contributed by atoms with Crippen LogP contribution in [0.4, 0.5) is 0 Å². The number of benzene rings is 2. The first-order valence-electron chi connectivity index (χ1n) is 10.9. The van der Waals surface area contributed by atoms with Crippen molar-refractivity contribution >= 4 is 23.7 Å². The van der Waals surface area contributed by atoms with Gasteiger partial charge in [0.25, 0.3) is 0 Å². The predicted octanol–water partition coefficient (Wildman–Crippen LogP) is 6.14. The molecule has 4 aromatic rings. The van der Waals surface area contributed by atoms with Crippen molar-refractivity contribution < 1.29 is 9.59 Å². The fourth-order valence-electron chi connectivity index (χ4n) is 3.59. The molecule has 4 heteroatoms. The number of hydrogen-bond acceptors (Lipinski definition) is 2. The summed E-state index contributed by atoms with van der Waals surface area (Å²) in [6.07, 6.45) is 10.2. The second kappa shape index (κ2) is 9.96. The van der Waals surface area contributed by atoms with Gasteiger partial charge < -0.3 is 9.13 Å². The first-order valence-corrected chi connectivity index (χ1v) is 10.9. The Hall–Kier alpha value is -4.18. The van der Waals surface area contributed by atoms with Crippen LogP contribution in [0.15, 0.2) is 97.3 Å². The van der Waals surface area contributed by atoms with Crippen LogP contribution in [0, 0.1) is 13.8 Å². The van der Waals surface area contributed by atoms with Gasteiger partial charge in [0.1, 0.15) is 0 Å². The molecule has 2 heterocycles. The van der Waals surface area contributed by atoms with Gasteiger partial charge in [0.2, 0.25) is 0 Å². The van der Waals surface area contributed by atoms with Crippen LogP contribution in [0.1, 0.15) is 28.9 Å². The predicted molar refractivity (Wildman–Crippen MR) is 134 cm³/mol. The zero-order valence-corrected chi connectivity index (χ0v) is 18.8. The summed E-state index contributed by atoms with van der Waals surface area (Å²) >= 11 is 0. The summed E-state index contributed by atoms with van der Waals surface area (Å²) in [5, 5.41) is 0. The van der Waals surface area contributed by atoms with Gasteiger partial charge in [0.05, 0.1) is 6.42 Å². The van der Waals surface area contributed by atoms with Crippen molar-refractivity contribution in [2.45, 2.75) is 20.3 Å². The smallest absolute Gasteiger partial charge is 0.163 e. The highest BCUT2D eigenvalue weighted by atomic mass is 16.1. The minimum atomic E-state index is -0.227. The lowest BCUT2D eigenvalue weighted by Gasteiger charge is -2.07. The third kappa shape index (κ3) is 5.55. The highest BCUT2D eigenvalue weighted by Gasteiger charge is 2.06. The maximum absolute atomic E-state index is 12.4. The molecule has 2 aromatic heterocycles. The van der Waals surface area contributed by atoms with Gasteiger partial charge in [-0.05, 0) is 86.7 Å². The van der Waals surface area contributed by atoms with E-state index in [9.17, 15) is 9.59 Å². The summed E-state index contributed by atoms with van der Waals surface area (Å²) in [5.41, 5.74) is 6.19. The third-order valence-electron chi connectivity index (χ3n) is 5.41. The fraction of sp³-hybridized carbons (Fsp3) is 0.103. The molecule has 2 aromatic carbocycles. The van der Waals surface area contributed by atoms with Gasteiger partial charge in [-0.2, -0.15) is 0 Å². The summed E-state index contributed by atoms with van der Waals surface area (Å²) in [7, 11) is 0. The van der Waals surface area contributed by atoms with Gasteiger partial charge >= 0.3 is 0 Å². The van der Waals surface area contributed by atoms with Crippen molar-refractivity contribution in [3.63, 3.8) is 0 Å². The van der Waals surface area contributed by atoms with Crippen LogP contribution >= 0.6 is 0 Å². The fourth-order valence-corrected chi connectivity index (χ4v) is 3.59. The van der Waals surface area contributed by atoms with E-state index in [2.05, 4.69) is 0 Å². The van der Waals surface area contributed by atoms with Crippen molar-refractivity contribution in [2.24, 2.45) is 0 Å². The zero-order valence-electron chi connectivity index (χ0n) is 18.8. The lowest BCUT2D eigenvalue weighted by molar-refractivity contribution is -0.121. The number of carbonyl (C=O) groups excluding carboxylic acids is 2. The number of aromatic nitrogens is 2. The second-order valence-electron chi connectivity index (χ2n) is 8.05. The van der Waals surface area contributed by atoms with E-state index in [4.69, 9.17) is 0 Å². The molecule has 4 rings (SSSR count). The SMILES string of the molecule is Cc1ccc(-n2cccc2/C=C/C(=O)CC(=O)/C=C/c2cccn2-c2ccc(C)cc2)cc1. The number of hydrogen-bond donors (Lipinski definition) is 0. The van der Waals surface area contributed by atoms with Crippen molar-refractivity contribution in [3.05, 3.63) is 120 Å². The van der Waals surface area contributed by atoms with E-state index >= 15 is 0 Å². The highest BCUT2D eigenvalue weighted by Crippen LogP contribution is 2.16. The molecule has 0 aliphatic carbocycles. The van der Waals surface area contributed by atoms with Gasteiger partial charge in [-0.3, -0.25) is 9.59 Å². The molecule has 0 fully saturated rings. The average molecular weight is 435 g/mol. The van der Waals surface area contributed by atoms with Crippen LogP contribution in [0.2, 0.25) is 0 Å². The molecule has 33 heavy (non-hydrogen) atoms. The van der Waals surface area contributed by atoms with Crippen LogP contribution in [0.3, 0.4) is 0 Å². The van der Waals surface area contributed by atoms with E-state index in [0.29, 0.717) is 0 Å². The van der Waals surface area contributed by atoms with Crippen molar-refractivity contribution in [2.75, 3.05) is 0 Å². The Morgan fingerprint density at radius 3 is 1.42 bits per heavy atom. The summed E-state index contributed by atoms with van der Waals surface area (Å²) in [4.78, 5) is 24.7. The number of nitrogens with zero attached hydrogens (tertiary/aromatic N) is 2. The van der Waals surface area contributed by atoms with Gasteiger partial charge in [0, 0.05) is 35.2 Å². The van der Waals surface area contributed by atoms with Gasteiger partial charge in [-0.25, -0.2) is 0 Å². The average Bonchev–Trinajstić information content (AvgIpc) is 3.47. The Balaban J connectivity index is 1.39. The zero-order chi connectivity index (χ0) is 23.2. The summed E-state index contributed by atoms with van der Waals surface area (Å²) < 4.78 is 4.01. The molecule has 0 unspecified atom stereocenters. The van der Waals surface area contributed by atoms with Crippen LogP contribution in [-0.4, -0.2) is 20.7 Å². The normalized spacial score (nSPS) is 11.5. The van der Waals surface area contributed by atoms with Gasteiger partial charge in [-0.1, -0.05) is 35.4 Å². The maximum Gasteiger partial charge on any atom is 0.163 e. The molecule has 0 aliphatic heterocycles. The molecular formula is C29H26N2O2. The van der Waals surface area contributed by atoms with Crippen molar-refractivity contribution in [3.8, 4) is 11.4 Å². The molecule has 0 bridgehead atoms. The largest absolute Gasteiger partial charge is 0.317 e. The summed E-state index contributed by atoms with van der Waals surface area (Å²) in [6, 6.07) is 24.1. The molecule has 164 valence electrons. The van der Waals surface area contributed by atoms with Crippen LogP contribution < -0.4 is 0 Å². The number of carbonyl (C=O) groups is 2. The molecule has 4 nitrogen and oxygen atoms in total. The molecule has 0 radical (unpaired) electrons. The molecule has 0 spiro atoms. The summed E-state index contributed by atoms with van der Waals surface area (Å²) in [5.74, 6) is -0.453. The van der Waals surface area contributed by atoms with Crippen molar-refractivity contribution in [1.29, 1.82) is 0 Å². The lowest BCUT2D eigenvalue weighted by Crippen LogP contribution is -2.03. The van der Waals surface area contributed by atoms with Crippen LogP contribution in [0.5, 0.6) is 0 Å². The van der Waals surface area contributed by atoms with E-state index in [0.717, 1.165) is 22.8 Å². The molecule has 0 aliphatic rings. The molecule has 0 N–H and O–H groups in total. The van der Waals surface area contributed by atoms with E-state index < -0.39 is 0 Å². The summed E-state index contributed by atoms with van der Waals surface area (Å²) in [6.45, 7) is 4.09. The molecular weight excluding hydrogens is 408 g/mol. The standard InChI is InChI=1S/C29H26N2O2/c1-22-7-11-26(12-8-22)30-19-3-5-24(30)15-17-28(32)21-29(33)18-16-25-6-4-20-31(25)27-13-9-23(2)10-14-27/h3-20H,21H2,1-2H3/b17-15+,18-16+. The van der Waals surface area contributed by atoms with Gasteiger partial charge in [-0.15, -0.1) is 0 Å². The Kier molecular flexibility index (Phi) is 6.65. The number of aryl methyl sites for hydroxylation is 2. The van der Waals surface area contributed by atoms with E-state index in [-0.39, 0.29) is 18.0 Å². The van der Waals surface area contributed by atoms with E-state index in [1.165, 1.54) is 23.3 Å². The van der Waals surface area contributed by atoms with Crippen LogP contribution in [-0.2, 0) is 9.59 Å².